The number of carboxylic acid groups (broad SMARTS) is 1. The lowest BCUT2D eigenvalue weighted by Crippen LogP contribution is -1.97. The van der Waals surface area contributed by atoms with E-state index in [2.05, 4.69) is 21.8 Å². The van der Waals surface area contributed by atoms with Crippen molar-refractivity contribution in [2.24, 2.45) is 0 Å². The highest BCUT2D eigenvalue weighted by atomic mass is 35.5. The maximum absolute atomic E-state index is 11.9. The summed E-state index contributed by atoms with van der Waals surface area (Å²) in [5.74, 6) is -0.500. The van der Waals surface area contributed by atoms with Crippen LogP contribution >= 0.6 is 23.4 Å². The fraction of sp³-hybridized carbons (Fsp3) is 0.0455. The van der Waals surface area contributed by atoms with Gasteiger partial charge in [0.2, 0.25) is 5.16 Å². The molecule has 2 heterocycles. The van der Waals surface area contributed by atoms with E-state index in [-0.39, 0.29) is 4.91 Å². The zero-order valence-corrected chi connectivity index (χ0v) is 17.3. The van der Waals surface area contributed by atoms with E-state index < -0.39 is 5.97 Å². The second-order valence-corrected chi connectivity index (χ2v) is 7.88. The van der Waals surface area contributed by atoms with Crippen LogP contribution in [0.2, 0.25) is 5.02 Å². The number of nitrogens with one attached hydrogen (secondary N) is 1. The van der Waals surface area contributed by atoms with Crippen molar-refractivity contribution in [3.05, 3.63) is 82.9 Å². The average Bonchev–Trinajstić information content (AvgIpc) is 3.34. The van der Waals surface area contributed by atoms with Gasteiger partial charge in [-0.15, -0.1) is 11.7 Å². The summed E-state index contributed by atoms with van der Waals surface area (Å²) >= 11 is 6.91. The monoisotopic (exact) mass is 436 g/mol. The maximum Gasteiger partial charge on any atom is 0.342 e. The average molecular weight is 437 g/mol. The number of rotatable bonds is 7. The number of aromatic amines is 1. The van der Waals surface area contributed by atoms with Crippen molar-refractivity contribution in [3.8, 4) is 11.4 Å². The number of aliphatic carboxylic acids is 1. The zero-order valence-electron chi connectivity index (χ0n) is 15.7. The number of H-pyrrole nitrogens is 1. The second kappa shape index (κ2) is 8.61. The first-order valence-electron chi connectivity index (χ1n) is 9.05. The van der Waals surface area contributed by atoms with E-state index in [0.717, 1.165) is 33.8 Å². The van der Waals surface area contributed by atoms with Crippen molar-refractivity contribution in [2.45, 2.75) is 11.7 Å². The molecule has 8 heteroatoms. The summed E-state index contributed by atoms with van der Waals surface area (Å²) in [6.07, 6.45) is 5.37. The Morgan fingerprint density at radius 3 is 2.73 bits per heavy atom. The van der Waals surface area contributed by atoms with Crippen LogP contribution in [0.1, 0.15) is 5.56 Å². The third-order valence-electron chi connectivity index (χ3n) is 4.43. The molecule has 0 amide bonds. The Kier molecular flexibility index (Phi) is 5.74. The Hall–Kier alpha value is -3.29. The molecule has 4 rings (SSSR count). The Bertz CT molecular complexity index is 1260. The van der Waals surface area contributed by atoms with Crippen LogP contribution in [0.15, 0.2) is 77.4 Å². The van der Waals surface area contributed by atoms with Gasteiger partial charge in [-0.25, -0.2) is 9.78 Å². The molecule has 0 aliphatic rings. The molecule has 150 valence electrons. The van der Waals surface area contributed by atoms with Crippen LogP contribution in [-0.2, 0) is 11.3 Å². The van der Waals surface area contributed by atoms with Crippen LogP contribution in [0.4, 0.5) is 0 Å². The molecule has 6 nitrogen and oxygen atoms in total. The molecule has 0 saturated heterocycles. The topological polar surface area (TPSA) is 83.8 Å². The molecule has 0 aliphatic heterocycles. The largest absolute Gasteiger partial charge is 0.477 e. The van der Waals surface area contributed by atoms with Crippen LogP contribution in [-0.4, -0.2) is 30.8 Å². The van der Waals surface area contributed by atoms with Gasteiger partial charge in [-0.2, -0.15) is 0 Å². The van der Waals surface area contributed by atoms with Crippen molar-refractivity contribution in [1.29, 1.82) is 0 Å². The summed E-state index contributed by atoms with van der Waals surface area (Å²) < 4.78 is 2.03. The number of hydrogen-bond acceptors (Lipinski definition) is 4. The van der Waals surface area contributed by atoms with Gasteiger partial charge < -0.3 is 9.67 Å². The molecule has 30 heavy (non-hydrogen) atoms. The highest BCUT2D eigenvalue weighted by molar-refractivity contribution is 8.04. The molecule has 4 aromatic rings. The molecular formula is C22H17ClN4O2S. The van der Waals surface area contributed by atoms with Crippen molar-refractivity contribution in [3.63, 3.8) is 0 Å². The van der Waals surface area contributed by atoms with Crippen LogP contribution in [0.25, 0.3) is 28.4 Å². The van der Waals surface area contributed by atoms with E-state index in [1.54, 1.807) is 24.3 Å². The minimum absolute atomic E-state index is 0.123. The molecule has 2 aromatic carbocycles. The lowest BCUT2D eigenvalue weighted by Gasteiger charge is -1.99. The van der Waals surface area contributed by atoms with Crippen LogP contribution in [0, 0.1) is 0 Å². The molecule has 0 fully saturated rings. The molecule has 0 radical (unpaired) electrons. The summed E-state index contributed by atoms with van der Waals surface area (Å²) in [5, 5.41) is 18.6. The van der Waals surface area contributed by atoms with Crippen molar-refractivity contribution in [2.75, 3.05) is 0 Å². The molecular weight excluding hydrogens is 420 g/mol. The first-order chi connectivity index (χ1) is 14.5. The van der Waals surface area contributed by atoms with E-state index in [4.69, 9.17) is 11.6 Å². The second-order valence-electron chi connectivity index (χ2n) is 6.43. The number of para-hydroxylation sites is 1. The lowest BCUT2D eigenvalue weighted by atomic mass is 10.1. The van der Waals surface area contributed by atoms with Gasteiger partial charge in [0.15, 0.2) is 5.82 Å². The first kappa shape index (κ1) is 20.0. The van der Waals surface area contributed by atoms with E-state index in [1.165, 1.54) is 0 Å². The predicted octanol–water partition coefficient (Wildman–Crippen LogP) is 5.48. The molecule has 0 unspecified atom stereocenters. The third kappa shape index (κ3) is 4.17. The first-order valence-corrected chi connectivity index (χ1v) is 10.2. The Labute approximate surface area is 181 Å². The number of nitrogens with zero attached hydrogens (tertiary/aromatic N) is 3. The van der Waals surface area contributed by atoms with Gasteiger partial charge in [0, 0.05) is 39.8 Å². The van der Waals surface area contributed by atoms with Crippen LogP contribution in [0.5, 0.6) is 0 Å². The molecule has 0 spiro atoms. The van der Waals surface area contributed by atoms with Crippen LogP contribution in [0.3, 0.4) is 0 Å². The molecule has 0 atom stereocenters. The quantitative estimate of drug-likeness (QED) is 0.227. The number of carboxylic acids is 1. The van der Waals surface area contributed by atoms with Gasteiger partial charge in [-0.1, -0.05) is 35.9 Å². The van der Waals surface area contributed by atoms with Gasteiger partial charge in [0.25, 0.3) is 0 Å². The summed E-state index contributed by atoms with van der Waals surface area (Å²) in [7, 11) is 0. The standard InChI is InChI=1S/C22H17ClN4O2S/c1-2-11-27-13-15(17-5-3-4-6-18(17)27)12-19(21(28)29)30-22-24-20(25-26-22)14-7-9-16(23)10-8-14/h2-10,12-13H,1,11H2,(H,28,29)(H,24,25,26)/b19-12-. The molecule has 0 bridgehead atoms. The molecule has 2 aromatic heterocycles. The van der Waals surface area contributed by atoms with Gasteiger partial charge in [-0.3, -0.25) is 5.10 Å². The van der Waals surface area contributed by atoms with Crippen molar-refractivity contribution >= 4 is 46.3 Å². The Morgan fingerprint density at radius 2 is 2.00 bits per heavy atom. The van der Waals surface area contributed by atoms with Crippen molar-refractivity contribution < 1.29 is 9.90 Å². The van der Waals surface area contributed by atoms with Gasteiger partial charge in [0.05, 0.1) is 0 Å². The zero-order chi connectivity index (χ0) is 21.1. The number of carbonyl (C=O) groups is 1. The number of halogens is 1. The van der Waals surface area contributed by atoms with Crippen LogP contribution < -0.4 is 0 Å². The lowest BCUT2D eigenvalue weighted by molar-refractivity contribution is -0.131. The van der Waals surface area contributed by atoms with Gasteiger partial charge >= 0.3 is 5.97 Å². The van der Waals surface area contributed by atoms with E-state index >= 15 is 0 Å². The summed E-state index contributed by atoms with van der Waals surface area (Å²) in [4.78, 5) is 16.4. The Balaban J connectivity index is 1.66. The molecule has 0 aliphatic carbocycles. The SMILES string of the molecule is C=CCn1cc(/C=C(\Sc2n[nH]c(-c3ccc(Cl)cc3)n2)C(=O)O)c2ccccc21. The minimum Gasteiger partial charge on any atom is -0.477 e. The van der Waals surface area contributed by atoms with Gasteiger partial charge in [0.1, 0.15) is 4.91 Å². The number of fused-ring (bicyclic) bond motifs is 1. The number of thioether (sulfide) groups is 1. The normalized spacial score (nSPS) is 11.7. The van der Waals surface area contributed by atoms with E-state index in [0.29, 0.717) is 22.5 Å². The number of hydrogen-bond donors (Lipinski definition) is 2. The summed E-state index contributed by atoms with van der Waals surface area (Å²) in [6.45, 7) is 4.42. The molecule has 2 N–H and O–H groups in total. The Morgan fingerprint density at radius 1 is 1.23 bits per heavy atom. The summed E-state index contributed by atoms with van der Waals surface area (Å²) in [5.41, 5.74) is 2.64. The number of aromatic nitrogens is 4. The minimum atomic E-state index is -1.04. The number of allylic oxidation sites excluding steroid dienone is 1. The third-order valence-corrected chi connectivity index (χ3v) is 5.56. The van der Waals surface area contributed by atoms with Gasteiger partial charge in [-0.05, 0) is 48.2 Å². The fourth-order valence-electron chi connectivity index (χ4n) is 3.08. The van der Waals surface area contributed by atoms with Crippen molar-refractivity contribution in [1.82, 2.24) is 19.7 Å². The highest BCUT2D eigenvalue weighted by Gasteiger charge is 2.16. The highest BCUT2D eigenvalue weighted by Crippen LogP contribution is 2.30. The predicted molar refractivity (Wildman–Crippen MR) is 120 cm³/mol. The number of benzene rings is 2. The smallest absolute Gasteiger partial charge is 0.342 e. The maximum atomic E-state index is 11.9. The fourth-order valence-corrected chi connectivity index (χ4v) is 3.91. The molecule has 0 saturated carbocycles. The summed E-state index contributed by atoms with van der Waals surface area (Å²) in [6, 6.07) is 15.0. The van der Waals surface area contributed by atoms with E-state index in [1.807, 2.05) is 47.2 Å². The van der Waals surface area contributed by atoms with E-state index in [9.17, 15) is 9.90 Å².